The van der Waals surface area contributed by atoms with Crippen LogP contribution in [0.4, 0.5) is 17.6 Å². The number of alkyl halides is 3. The van der Waals surface area contributed by atoms with E-state index in [-0.39, 0.29) is 17.8 Å². The number of aromatic nitrogens is 1. The number of nitrogens with one attached hydrogen (secondary N) is 2. The zero-order valence-corrected chi connectivity index (χ0v) is 18.3. The number of halogens is 4. The van der Waals surface area contributed by atoms with Gasteiger partial charge in [0.05, 0.1) is 5.56 Å². The zero-order chi connectivity index (χ0) is 24.0. The summed E-state index contributed by atoms with van der Waals surface area (Å²) in [6.45, 7) is 1.65. The lowest BCUT2D eigenvalue weighted by Gasteiger charge is -2.26. The Morgan fingerprint density at radius 2 is 1.76 bits per heavy atom. The van der Waals surface area contributed by atoms with Crippen LogP contribution in [0.25, 0.3) is 0 Å². The Morgan fingerprint density at radius 3 is 2.33 bits per heavy atom. The van der Waals surface area contributed by atoms with Crippen molar-refractivity contribution < 1.29 is 22.4 Å². The summed E-state index contributed by atoms with van der Waals surface area (Å²) in [5, 5.41) is 6.00. The average molecular weight is 459 g/mol. The molecule has 1 heterocycles. The summed E-state index contributed by atoms with van der Waals surface area (Å²) in [6.07, 6.45) is -2.83. The first-order chi connectivity index (χ1) is 15.7. The molecule has 2 atom stereocenters. The van der Waals surface area contributed by atoms with Gasteiger partial charge >= 0.3 is 6.18 Å². The fourth-order valence-corrected chi connectivity index (χ4v) is 3.58. The van der Waals surface area contributed by atoms with E-state index in [9.17, 15) is 22.4 Å². The molecule has 0 aliphatic rings. The van der Waals surface area contributed by atoms with Crippen LogP contribution in [0.15, 0.2) is 66.9 Å². The van der Waals surface area contributed by atoms with Gasteiger partial charge in [0.15, 0.2) is 0 Å². The van der Waals surface area contributed by atoms with Crippen molar-refractivity contribution in [1.82, 2.24) is 15.6 Å². The molecular weight excluding hydrogens is 434 g/mol. The summed E-state index contributed by atoms with van der Waals surface area (Å²) in [4.78, 5) is 16.6. The first-order valence-corrected chi connectivity index (χ1v) is 10.5. The van der Waals surface area contributed by atoms with Crippen LogP contribution in [-0.2, 0) is 17.4 Å². The first-order valence-electron chi connectivity index (χ1n) is 10.5. The molecule has 2 aromatic carbocycles. The molecule has 33 heavy (non-hydrogen) atoms. The summed E-state index contributed by atoms with van der Waals surface area (Å²) in [7, 11) is 1.54. The summed E-state index contributed by atoms with van der Waals surface area (Å²) >= 11 is 0. The van der Waals surface area contributed by atoms with E-state index in [1.54, 1.807) is 26.1 Å². The molecule has 3 aromatic rings. The Kier molecular flexibility index (Phi) is 7.81. The van der Waals surface area contributed by atoms with E-state index in [0.717, 1.165) is 23.4 Å². The first kappa shape index (κ1) is 24.4. The van der Waals surface area contributed by atoms with Gasteiger partial charge in [-0.15, -0.1) is 0 Å². The van der Waals surface area contributed by atoms with E-state index >= 15 is 0 Å². The minimum atomic E-state index is -4.45. The van der Waals surface area contributed by atoms with Crippen LogP contribution < -0.4 is 10.6 Å². The zero-order valence-electron chi connectivity index (χ0n) is 18.3. The van der Waals surface area contributed by atoms with Crippen LogP contribution in [0.1, 0.15) is 46.5 Å². The van der Waals surface area contributed by atoms with Crippen molar-refractivity contribution in [2.24, 2.45) is 0 Å². The van der Waals surface area contributed by atoms with Gasteiger partial charge in [0.25, 0.3) is 0 Å². The van der Waals surface area contributed by atoms with E-state index in [1.807, 2.05) is 30.3 Å². The van der Waals surface area contributed by atoms with Gasteiger partial charge in [0.1, 0.15) is 11.9 Å². The largest absolute Gasteiger partial charge is 0.417 e. The molecule has 0 spiro atoms. The van der Waals surface area contributed by atoms with Gasteiger partial charge in [-0.05, 0) is 54.7 Å². The van der Waals surface area contributed by atoms with Gasteiger partial charge in [0.2, 0.25) is 5.91 Å². The maximum Gasteiger partial charge on any atom is 0.417 e. The summed E-state index contributed by atoms with van der Waals surface area (Å²) in [5.74, 6) is -0.578. The van der Waals surface area contributed by atoms with Gasteiger partial charge in [0, 0.05) is 25.0 Å². The van der Waals surface area contributed by atoms with Crippen molar-refractivity contribution in [2.45, 2.75) is 38.0 Å². The molecule has 1 aromatic heterocycles. The summed E-state index contributed by atoms with van der Waals surface area (Å²) in [5.41, 5.74) is 1.67. The van der Waals surface area contributed by atoms with Crippen molar-refractivity contribution in [3.63, 3.8) is 0 Å². The number of carbonyl (C=O) groups is 1. The molecular formula is C25H25F4N3O. The van der Waals surface area contributed by atoms with Crippen molar-refractivity contribution in [3.8, 4) is 0 Å². The van der Waals surface area contributed by atoms with E-state index in [1.165, 1.54) is 12.1 Å². The van der Waals surface area contributed by atoms with Crippen molar-refractivity contribution in [3.05, 3.63) is 101 Å². The lowest BCUT2D eigenvalue weighted by Crippen LogP contribution is -2.38. The number of carbonyl (C=O) groups excluding carboxylic acids is 1. The van der Waals surface area contributed by atoms with Crippen molar-refractivity contribution in [1.29, 1.82) is 0 Å². The highest BCUT2D eigenvalue weighted by Crippen LogP contribution is 2.29. The van der Waals surface area contributed by atoms with E-state index in [2.05, 4.69) is 15.6 Å². The Balaban J connectivity index is 1.87. The summed E-state index contributed by atoms with van der Waals surface area (Å²) in [6, 6.07) is 15.2. The topological polar surface area (TPSA) is 54.0 Å². The molecule has 174 valence electrons. The highest BCUT2D eigenvalue weighted by molar-refractivity contribution is 5.83. The SMILES string of the molecule is CNC(=O)C(N[C@H](CCc1ccc(C(F)(F)F)cn1)c1ccc(F)c(C)c1)c1ccccc1. The van der Waals surface area contributed by atoms with Crippen LogP contribution in [0.5, 0.6) is 0 Å². The van der Waals surface area contributed by atoms with Gasteiger partial charge < -0.3 is 5.32 Å². The molecule has 8 heteroatoms. The standard InChI is InChI=1S/C25H25F4N3O/c1-16-14-18(8-12-21(16)26)22(13-11-20-10-9-19(15-31-20)25(27,28)29)32-23(24(33)30-2)17-6-4-3-5-7-17/h3-10,12,14-15,22-23,32H,11,13H2,1-2H3,(H,30,33)/t22-,23?/m1/s1. The smallest absolute Gasteiger partial charge is 0.358 e. The minimum Gasteiger partial charge on any atom is -0.358 e. The fraction of sp³-hybridized carbons (Fsp3) is 0.280. The van der Waals surface area contributed by atoms with E-state index in [4.69, 9.17) is 0 Å². The number of hydrogen-bond donors (Lipinski definition) is 2. The molecule has 1 unspecified atom stereocenters. The quantitative estimate of drug-likeness (QED) is 0.450. The second-order valence-electron chi connectivity index (χ2n) is 7.76. The fourth-order valence-electron chi connectivity index (χ4n) is 3.58. The van der Waals surface area contributed by atoms with Gasteiger partial charge in [-0.3, -0.25) is 15.1 Å². The highest BCUT2D eigenvalue weighted by Gasteiger charge is 2.30. The molecule has 0 saturated carbocycles. The maximum absolute atomic E-state index is 13.9. The number of benzene rings is 2. The molecule has 1 amide bonds. The Labute approximate surface area is 190 Å². The second kappa shape index (κ2) is 10.6. The van der Waals surface area contributed by atoms with E-state index in [0.29, 0.717) is 24.1 Å². The molecule has 0 aliphatic carbocycles. The molecule has 0 bridgehead atoms. The molecule has 3 rings (SSSR count). The Bertz CT molecular complexity index is 1070. The van der Waals surface area contributed by atoms with Crippen LogP contribution in [0.3, 0.4) is 0 Å². The molecule has 0 radical (unpaired) electrons. The van der Waals surface area contributed by atoms with Crippen LogP contribution in [0.2, 0.25) is 0 Å². The van der Waals surface area contributed by atoms with Crippen LogP contribution >= 0.6 is 0 Å². The summed E-state index contributed by atoms with van der Waals surface area (Å²) < 4.78 is 52.3. The minimum absolute atomic E-state index is 0.238. The van der Waals surface area contributed by atoms with E-state index < -0.39 is 17.8 Å². The van der Waals surface area contributed by atoms with Gasteiger partial charge in [-0.25, -0.2) is 4.39 Å². The third-order valence-corrected chi connectivity index (χ3v) is 5.43. The van der Waals surface area contributed by atoms with Gasteiger partial charge in [-0.1, -0.05) is 42.5 Å². The number of pyridine rings is 1. The average Bonchev–Trinajstić information content (AvgIpc) is 2.81. The van der Waals surface area contributed by atoms with Crippen molar-refractivity contribution in [2.75, 3.05) is 7.05 Å². The maximum atomic E-state index is 13.9. The lowest BCUT2D eigenvalue weighted by molar-refractivity contribution is -0.137. The highest BCUT2D eigenvalue weighted by atomic mass is 19.4. The van der Waals surface area contributed by atoms with Crippen LogP contribution in [-0.4, -0.2) is 17.9 Å². The monoisotopic (exact) mass is 459 g/mol. The number of aryl methyl sites for hydroxylation is 2. The number of hydrogen-bond acceptors (Lipinski definition) is 3. The lowest BCUT2D eigenvalue weighted by atomic mass is 9.96. The van der Waals surface area contributed by atoms with Gasteiger partial charge in [-0.2, -0.15) is 13.2 Å². The third kappa shape index (κ3) is 6.38. The molecule has 2 N–H and O–H groups in total. The number of likely N-dealkylation sites (N-methyl/N-ethyl adjacent to an activating group) is 1. The van der Waals surface area contributed by atoms with Crippen LogP contribution in [0, 0.1) is 12.7 Å². The third-order valence-electron chi connectivity index (χ3n) is 5.43. The molecule has 0 aliphatic heterocycles. The molecule has 0 saturated heterocycles. The number of amides is 1. The normalized spacial score (nSPS) is 13.4. The van der Waals surface area contributed by atoms with Crippen molar-refractivity contribution >= 4 is 5.91 Å². The number of nitrogens with zero attached hydrogens (tertiary/aromatic N) is 1. The predicted octanol–water partition coefficient (Wildman–Crippen LogP) is 5.30. The Morgan fingerprint density at radius 1 is 1.03 bits per heavy atom. The number of rotatable bonds is 8. The second-order valence-corrected chi connectivity index (χ2v) is 7.76. The Hall–Kier alpha value is -3.26. The molecule has 0 fully saturated rings. The molecule has 4 nitrogen and oxygen atoms in total. The predicted molar refractivity (Wildman–Crippen MR) is 118 cm³/mol.